The molecule has 9 heteroatoms. The van der Waals surface area contributed by atoms with Gasteiger partial charge in [0.05, 0.1) is 0 Å². The van der Waals surface area contributed by atoms with Crippen molar-refractivity contribution in [3.05, 3.63) is 48.6 Å². The summed E-state index contributed by atoms with van der Waals surface area (Å²) in [5.41, 5.74) is 5.55. The lowest BCUT2D eigenvalue weighted by Crippen LogP contribution is -2.06. The van der Waals surface area contributed by atoms with Crippen LogP contribution in [0.2, 0.25) is 0 Å². The molecule has 3 rings (SSSR count). The number of hydrogen-bond donors (Lipinski definition) is 1. The standard InChI is InChI=1S/C12H8F2N6O/c13-7-3-8(14)5-9(4-7)21-12-18-10(15)17-11(19-12)20-2-1-16-6-20/h1-6H,(H2,15,17,18,19). The van der Waals surface area contributed by atoms with Crippen molar-refractivity contribution in [2.24, 2.45) is 0 Å². The molecule has 0 radical (unpaired) electrons. The number of nitrogen functional groups attached to an aromatic ring is 1. The van der Waals surface area contributed by atoms with Crippen molar-refractivity contribution in [2.75, 3.05) is 5.73 Å². The molecule has 0 aliphatic rings. The maximum atomic E-state index is 13.1. The van der Waals surface area contributed by atoms with Gasteiger partial charge >= 0.3 is 6.01 Å². The highest BCUT2D eigenvalue weighted by molar-refractivity contribution is 5.30. The van der Waals surface area contributed by atoms with Gasteiger partial charge in [-0.2, -0.15) is 15.0 Å². The van der Waals surface area contributed by atoms with Crippen molar-refractivity contribution >= 4 is 5.95 Å². The third-order valence-electron chi connectivity index (χ3n) is 2.40. The second kappa shape index (κ2) is 5.12. The average Bonchev–Trinajstić information content (AvgIpc) is 2.90. The minimum atomic E-state index is -0.776. The van der Waals surface area contributed by atoms with Crippen LogP contribution in [0.5, 0.6) is 11.8 Å². The Bertz CT molecular complexity index is 757. The molecule has 0 saturated heterocycles. The first kappa shape index (κ1) is 12.9. The summed E-state index contributed by atoms with van der Waals surface area (Å²) in [6.45, 7) is 0. The second-order valence-corrected chi connectivity index (χ2v) is 3.95. The zero-order chi connectivity index (χ0) is 14.8. The molecule has 0 unspecified atom stereocenters. The summed E-state index contributed by atoms with van der Waals surface area (Å²) in [6, 6.07) is 2.54. The van der Waals surface area contributed by atoms with Crippen LogP contribution >= 0.6 is 0 Å². The van der Waals surface area contributed by atoms with Gasteiger partial charge in [0, 0.05) is 30.6 Å². The van der Waals surface area contributed by atoms with Gasteiger partial charge in [0.15, 0.2) is 0 Å². The molecule has 3 aromatic rings. The third kappa shape index (κ3) is 2.91. The Balaban J connectivity index is 1.95. The Labute approximate surface area is 117 Å². The van der Waals surface area contributed by atoms with Gasteiger partial charge in [-0.05, 0) is 0 Å². The van der Waals surface area contributed by atoms with E-state index >= 15 is 0 Å². The fourth-order valence-corrected chi connectivity index (χ4v) is 1.59. The van der Waals surface area contributed by atoms with Gasteiger partial charge in [0.25, 0.3) is 0 Å². The Morgan fingerprint density at radius 2 is 1.81 bits per heavy atom. The molecule has 2 heterocycles. The van der Waals surface area contributed by atoms with Gasteiger partial charge in [-0.3, -0.25) is 4.57 Å². The van der Waals surface area contributed by atoms with Gasteiger partial charge in [-0.15, -0.1) is 0 Å². The topological polar surface area (TPSA) is 91.7 Å². The Morgan fingerprint density at radius 3 is 2.48 bits per heavy atom. The monoisotopic (exact) mass is 290 g/mol. The van der Waals surface area contributed by atoms with E-state index in [1.54, 1.807) is 6.20 Å². The van der Waals surface area contributed by atoms with Crippen molar-refractivity contribution in [1.29, 1.82) is 0 Å². The molecule has 106 valence electrons. The van der Waals surface area contributed by atoms with E-state index in [2.05, 4.69) is 19.9 Å². The summed E-state index contributed by atoms with van der Waals surface area (Å²) in [5, 5.41) is 0. The van der Waals surface area contributed by atoms with Gasteiger partial charge in [0.1, 0.15) is 23.7 Å². The number of benzene rings is 1. The van der Waals surface area contributed by atoms with Crippen LogP contribution in [0.1, 0.15) is 0 Å². The van der Waals surface area contributed by atoms with Crippen molar-refractivity contribution in [3.63, 3.8) is 0 Å². The van der Waals surface area contributed by atoms with Crippen LogP contribution in [-0.2, 0) is 0 Å². The lowest BCUT2D eigenvalue weighted by atomic mass is 10.3. The number of nitrogens with two attached hydrogens (primary N) is 1. The quantitative estimate of drug-likeness (QED) is 0.789. The van der Waals surface area contributed by atoms with Gasteiger partial charge in [-0.25, -0.2) is 13.8 Å². The minimum absolute atomic E-state index is 0.0883. The largest absolute Gasteiger partial charge is 0.424 e. The van der Waals surface area contributed by atoms with Crippen LogP contribution in [0.3, 0.4) is 0 Å². The molecule has 7 nitrogen and oxygen atoms in total. The molecular weight excluding hydrogens is 282 g/mol. The molecule has 0 bridgehead atoms. The van der Waals surface area contributed by atoms with E-state index in [9.17, 15) is 8.78 Å². The number of rotatable bonds is 3. The summed E-state index contributed by atoms with van der Waals surface area (Å²) in [6.07, 6.45) is 4.59. The fraction of sp³-hybridized carbons (Fsp3) is 0. The molecule has 0 aliphatic heterocycles. The predicted octanol–water partition coefficient (Wildman–Crippen LogP) is 1.71. The highest BCUT2D eigenvalue weighted by atomic mass is 19.1. The Kier molecular flexibility index (Phi) is 3.14. The Hall–Kier alpha value is -3.10. The van der Waals surface area contributed by atoms with Crippen LogP contribution in [0, 0.1) is 11.6 Å². The molecule has 2 aromatic heterocycles. The van der Waals surface area contributed by atoms with Crippen molar-refractivity contribution < 1.29 is 13.5 Å². The van der Waals surface area contributed by atoms with Crippen LogP contribution in [0.4, 0.5) is 14.7 Å². The lowest BCUT2D eigenvalue weighted by Gasteiger charge is -2.06. The number of aromatic nitrogens is 5. The summed E-state index contributed by atoms with van der Waals surface area (Å²) in [7, 11) is 0. The zero-order valence-corrected chi connectivity index (χ0v) is 10.4. The molecule has 21 heavy (non-hydrogen) atoms. The molecule has 0 spiro atoms. The zero-order valence-electron chi connectivity index (χ0n) is 10.4. The van der Waals surface area contributed by atoms with Gasteiger partial charge in [-0.1, -0.05) is 0 Å². The summed E-state index contributed by atoms with van der Waals surface area (Å²) >= 11 is 0. The van der Waals surface area contributed by atoms with E-state index in [0.717, 1.165) is 18.2 Å². The fourth-order valence-electron chi connectivity index (χ4n) is 1.59. The SMILES string of the molecule is Nc1nc(Oc2cc(F)cc(F)c2)nc(-n2ccnc2)n1. The lowest BCUT2D eigenvalue weighted by molar-refractivity contribution is 0.430. The van der Waals surface area contributed by atoms with Crippen molar-refractivity contribution in [2.45, 2.75) is 0 Å². The van der Waals surface area contributed by atoms with E-state index in [1.165, 1.54) is 17.1 Å². The maximum Gasteiger partial charge on any atom is 0.328 e. The van der Waals surface area contributed by atoms with E-state index in [-0.39, 0.29) is 23.7 Å². The van der Waals surface area contributed by atoms with E-state index in [1.807, 2.05) is 0 Å². The minimum Gasteiger partial charge on any atom is -0.424 e. The number of nitrogens with zero attached hydrogens (tertiary/aromatic N) is 5. The van der Waals surface area contributed by atoms with E-state index in [0.29, 0.717) is 0 Å². The molecular formula is C12H8F2N6O. The van der Waals surface area contributed by atoms with Crippen molar-refractivity contribution in [3.8, 4) is 17.7 Å². The van der Waals surface area contributed by atoms with E-state index < -0.39 is 11.6 Å². The number of halogens is 2. The first-order chi connectivity index (χ1) is 10.1. The third-order valence-corrected chi connectivity index (χ3v) is 2.40. The molecule has 0 aliphatic carbocycles. The number of imidazole rings is 1. The Morgan fingerprint density at radius 1 is 1.05 bits per heavy atom. The molecule has 0 atom stereocenters. The highest BCUT2D eigenvalue weighted by Gasteiger charge is 2.09. The summed E-state index contributed by atoms with van der Waals surface area (Å²) < 4.78 is 32.9. The smallest absolute Gasteiger partial charge is 0.328 e. The second-order valence-electron chi connectivity index (χ2n) is 3.95. The number of anilines is 1. The molecule has 0 saturated carbocycles. The first-order valence-corrected chi connectivity index (χ1v) is 5.74. The summed E-state index contributed by atoms with van der Waals surface area (Å²) in [5.74, 6) is -1.56. The number of ether oxygens (including phenoxy) is 1. The molecule has 2 N–H and O–H groups in total. The van der Waals surface area contributed by atoms with Crippen LogP contribution in [-0.4, -0.2) is 24.5 Å². The molecule has 0 amide bonds. The summed E-state index contributed by atoms with van der Waals surface area (Å²) in [4.78, 5) is 15.5. The average molecular weight is 290 g/mol. The van der Waals surface area contributed by atoms with Crippen molar-refractivity contribution in [1.82, 2.24) is 24.5 Å². The van der Waals surface area contributed by atoms with Gasteiger partial charge in [0.2, 0.25) is 11.9 Å². The molecule has 1 aromatic carbocycles. The number of hydrogen-bond acceptors (Lipinski definition) is 6. The van der Waals surface area contributed by atoms with Gasteiger partial charge < -0.3 is 10.5 Å². The normalized spacial score (nSPS) is 10.6. The van der Waals surface area contributed by atoms with Crippen LogP contribution in [0.15, 0.2) is 36.9 Å². The highest BCUT2D eigenvalue weighted by Crippen LogP contribution is 2.21. The molecule has 0 fully saturated rings. The van der Waals surface area contributed by atoms with E-state index in [4.69, 9.17) is 10.5 Å². The van der Waals surface area contributed by atoms with Crippen LogP contribution < -0.4 is 10.5 Å². The maximum absolute atomic E-state index is 13.1. The predicted molar refractivity (Wildman–Crippen MR) is 67.8 cm³/mol. The first-order valence-electron chi connectivity index (χ1n) is 5.74. The van der Waals surface area contributed by atoms with Crippen LogP contribution in [0.25, 0.3) is 5.95 Å².